The van der Waals surface area contributed by atoms with Crippen molar-refractivity contribution in [3.8, 4) is 0 Å². The minimum atomic E-state index is -4.00. The van der Waals surface area contributed by atoms with Crippen LogP contribution in [0, 0.1) is 5.41 Å². The third-order valence-electron chi connectivity index (χ3n) is 3.08. The van der Waals surface area contributed by atoms with Gasteiger partial charge in [-0.1, -0.05) is 32.0 Å². The van der Waals surface area contributed by atoms with Gasteiger partial charge in [-0.3, -0.25) is 14.1 Å². The van der Waals surface area contributed by atoms with Crippen molar-refractivity contribution in [2.24, 2.45) is 5.41 Å². The summed E-state index contributed by atoms with van der Waals surface area (Å²) < 4.78 is 29.2. The van der Waals surface area contributed by atoms with Gasteiger partial charge in [-0.2, -0.15) is 8.42 Å². The predicted octanol–water partition coefficient (Wildman–Crippen LogP) is -0.110. The fourth-order valence-corrected chi connectivity index (χ4v) is 1.92. The molecule has 0 spiro atoms. The predicted molar refractivity (Wildman–Crippen MR) is 88.4 cm³/mol. The van der Waals surface area contributed by atoms with Crippen LogP contribution in [0.3, 0.4) is 0 Å². The van der Waals surface area contributed by atoms with Gasteiger partial charge in [0.15, 0.2) is 0 Å². The van der Waals surface area contributed by atoms with E-state index >= 15 is 0 Å². The highest BCUT2D eigenvalue weighted by Crippen LogP contribution is 2.19. The van der Waals surface area contributed by atoms with Crippen LogP contribution in [0.1, 0.15) is 20.3 Å². The molecule has 1 rings (SSSR count). The molecule has 1 aromatic carbocycles. The summed E-state index contributed by atoms with van der Waals surface area (Å²) in [7, 11) is -4.00. The number of carbonyl (C=O) groups is 2. The van der Waals surface area contributed by atoms with Gasteiger partial charge in [0.25, 0.3) is 10.1 Å². The third-order valence-corrected chi connectivity index (χ3v) is 3.94. The van der Waals surface area contributed by atoms with Gasteiger partial charge in [0.2, 0.25) is 5.91 Å². The zero-order chi connectivity index (χ0) is 19.7. The summed E-state index contributed by atoms with van der Waals surface area (Å²) in [5.74, 6) is -1.69. The van der Waals surface area contributed by atoms with Gasteiger partial charge in [0, 0.05) is 12.0 Å². The topological polar surface area (TPSA) is 161 Å². The van der Waals surface area contributed by atoms with Crippen molar-refractivity contribution in [1.29, 1.82) is 0 Å². The molecule has 0 aliphatic carbocycles. The van der Waals surface area contributed by atoms with Crippen LogP contribution in [0.4, 0.5) is 0 Å². The Morgan fingerprint density at radius 3 is 2.08 bits per heavy atom. The van der Waals surface area contributed by atoms with Crippen LogP contribution in [-0.4, -0.2) is 59.4 Å². The molecule has 10 heteroatoms. The molecule has 0 aliphatic rings. The second kappa shape index (κ2) is 10.1. The number of aliphatic carboxylic acids is 1. The number of benzene rings is 1. The lowest BCUT2D eigenvalue weighted by molar-refractivity contribution is -0.138. The van der Waals surface area contributed by atoms with E-state index in [2.05, 4.69) is 5.32 Å². The average molecular weight is 377 g/mol. The van der Waals surface area contributed by atoms with Crippen LogP contribution < -0.4 is 5.32 Å². The molecule has 5 N–H and O–H groups in total. The quantitative estimate of drug-likeness (QED) is 0.411. The van der Waals surface area contributed by atoms with E-state index < -0.39 is 33.5 Å². The third kappa shape index (κ3) is 9.15. The summed E-state index contributed by atoms with van der Waals surface area (Å²) in [5.41, 5.74) is -0.937. The Labute approximate surface area is 146 Å². The molecule has 1 unspecified atom stereocenters. The molecule has 0 aromatic heterocycles. The summed E-state index contributed by atoms with van der Waals surface area (Å²) >= 11 is 0. The Hall–Kier alpha value is -2.01. The summed E-state index contributed by atoms with van der Waals surface area (Å²) in [4.78, 5) is 21.3. The second-order valence-electron chi connectivity index (χ2n) is 5.77. The van der Waals surface area contributed by atoms with E-state index in [9.17, 15) is 23.1 Å². The molecular formula is C15H23NO8S. The van der Waals surface area contributed by atoms with Crippen molar-refractivity contribution < 1.29 is 37.9 Å². The summed E-state index contributed by atoms with van der Waals surface area (Å²) in [6.07, 6.45) is -1.55. The minimum absolute atomic E-state index is 0.0350. The molecule has 1 amide bonds. The van der Waals surface area contributed by atoms with Gasteiger partial charge >= 0.3 is 5.97 Å². The zero-order valence-electron chi connectivity index (χ0n) is 13.9. The minimum Gasteiger partial charge on any atom is -0.481 e. The number of aliphatic hydroxyl groups is 2. The molecule has 9 nitrogen and oxygen atoms in total. The SMILES string of the molecule is CC(C)(CO)C(O)C(=O)NCCC(=O)O.O=S(=O)(O)c1ccccc1. The fourth-order valence-electron chi connectivity index (χ4n) is 1.42. The monoisotopic (exact) mass is 377 g/mol. The van der Waals surface area contributed by atoms with E-state index in [-0.39, 0.29) is 24.5 Å². The van der Waals surface area contributed by atoms with Crippen molar-refractivity contribution in [2.45, 2.75) is 31.3 Å². The number of amides is 1. The van der Waals surface area contributed by atoms with Crippen molar-refractivity contribution in [3.63, 3.8) is 0 Å². The van der Waals surface area contributed by atoms with E-state index in [4.69, 9.17) is 14.8 Å². The molecule has 0 saturated carbocycles. The maximum Gasteiger partial charge on any atom is 0.305 e. The number of carboxylic acids is 1. The number of hydrogen-bond acceptors (Lipinski definition) is 6. The fraction of sp³-hybridized carbons (Fsp3) is 0.467. The molecule has 25 heavy (non-hydrogen) atoms. The standard InChI is InChI=1S/C9H17NO5.C6H6O3S/c1-9(2,5-11)7(14)8(15)10-4-3-6(12)13;7-10(8,9)6-4-2-1-3-5-6/h7,11,14H,3-5H2,1-2H3,(H,10,15)(H,12,13);1-5H,(H,7,8,9). The highest BCUT2D eigenvalue weighted by Gasteiger charge is 2.32. The number of nitrogens with one attached hydrogen (secondary N) is 1. The van der Waals surface area contributed by atoms with E-state index in [0.717, 1.165) is 0 Å². The summed E-state index contributed by atoms with van der Waals surface area (Å²) in [5, 5.41) is 29.0. The highest BCUT2D eigenvalue weighted by molar-refractivity contribution is 7.85. The van der Waals surface area contributed by atoms with Crippen molar-refractivity contribution in [2.75, 3.05) is 13.2 Å². The smallest absolute Gasteiger partial charge is 0.305 e. The van der Waals surface area contributed by atoms with Crippen LogP contribution in [0.25, 0.3) is 0 Å². The Balaban J connectivity index is 0.000000496. The highest BCUT2D eigenvalue weighted by atomic mass is 32.2. The molecule has 0 aliphatic heterocycles. The first kappa shape index (κ1) is 23.0. The molecule has 1 atom stereocenters. The second-order valence-corrected chi connectivity index (χ2v) is 7.19. The first-order valence-electron chi connectivity index (χ1n) is 7.23. The van der Waals surface area contributed by atoms with E-state index in [0.29, 0.717) is 0 Å². The largest absolute Gasteiger partial charge is 0.481 e. The summed E-state index contributed by atoms with van der Waals surface area (Å²) in [6, 6.07) is 7.42. The Morgan fingerprint density at radius 2 is 1.72 bits per heavy atom. The average Bonchev–Trinajstić information content (AvgIpc) is 2.54. The van der Waals surface area contributed by atoms with E-state index in [1.165, 1.54) is 26.0 Å². The number of aliphatic hydroxyl groups excluding tert-OH is 2. The molecule has 0 radical (unpaired) electrons. The van der Waals surface area contributed by atoms with E-state index in [1.54, 1.807) is 18.2 Å². The van der Waals surface area contributed by atoms with Gasteiger partial charge < -0.3 is 20.6 Å². The lowest BCUT2D eigenvalue weighted by Crippen LogP contribution is -2.45. The molecule has 0 bridgehead atoms. The van der Waals surface area contributed by atoms with Gasteiger partial charge in [-0.05, 0) is 12.1 Å². The van der Waals surface area contributed by atoms with Gasteiger partial charge in [-0.15, -0.1) is 0 Å². The maximum atomic E-state index is 11.3. The van der Waals surface area contributed by atoms with Crippen LogP contribution in [0.2, 0.25) is 0 Å². The Kier molecular flexibility index (Phi) is 9.28. The maximum absolute atomic E-state index is 11.3. The van der Waals surface area contributed by atoms with Crippen molar-refractivity contribution in [1.82, 2.24) is 5.32 Å². The van der Waals surface area contributed by atoms with Crippen molar-refractivity contribution >= 4 is 22.0 Å². The molecule has 0 fully saturated rings. The molecule has 0 saturated heterocycles. The van der Waals surface area contributed by atoms with Crippen LogP contribution in [0.5, 0.6) is 0 Å². The van der Waals surface area contributed by atoms with Gasteiger partial charge in [-0.25, -0.2) is 0 Å². The molecular weight excluding hydrogens is 354 g/mol. The lowest BCUT2D eigenvalue weighted by Gasteiger charge is -2.26. The van der Waals surface area contributed by atoms with E-state index in [1.807, 2.05) is 0 Å². The number of rotatable bonds is 7. The lowest BCUT2D eigenvalue weighted by atomic mass is 9.87. The normalized spacial score (nSPS) is 12.5. The number of hydrogen-bond donors (Lipinski definition) is 5. The molecule has 0 heterocycles. The van der Waals surface area contributed by atoms with Gasteiger partial charge in [0.1, 0.15) is 6.10 Å². The molecule has 1 aromatic rings. The number of carbonyl (C=O) groups excluding carboxylic acids is 1. The zero-order valence-corrected chi connectivity index (χ0v) is 14.7. The van der Waals surface area contributed by atoms with Crippen molar-refractivity contribution in [3.05, 3.63) is 30.3 Å². The number of carboxylic acid groups (broad SMARTS) is 1. The molecule has 142 valence electrons. The van der Waals surface area contributed by atoms with Crippen LogP contribution >= 0.6 is 0 Å². The first-order chi connectivity index (χ1) is 11.4. The Bertz CT molecular complexity index is 657. The van der Waals surface area contributed by atoms with Crippen LogP contribution in [-0.2, 0) is 19.7 Å². The first-order valence-corrected chi connectivity index (χ1v) is 8.67. The Morgan fingerprint density at radius 1 is 1.20 bits per heavy atom. The van der Waals surface area contributed by atoms with Gasteiger partial charge in [0.05, 0.1) is 17.9 Å². The summed E-state index contributed by atoms with van der Waals surface area (Å²) in [6.45, 7) is 2.70. The van der Waals surface area contributed by atoms with Crippen LogP contribution in [0.15, 0.2) is 35.2 Å².